The number of nitrogens with one attached hydrogen (secondary N) is 3. The molecule has 0 bridgehead atoms. The summed E-state index contributed by atoms with van der Waals surface area (Å²) in [5.41, 5.74) is 0. The van der Waals surface area contributed by atoms with E-state index in [1.165, 1.54) is 4.90 Å². The molecule has 1 aromatic rings. The van der Waals surface area contributed by atoms with Gasteiger partial charge in [0, 0.05) is 42.9 Å². The molecule has 1 amide bonds. The second-order valence-corrected chi connectivity index (χ2v) is 8.34. The number of hydrogen-bond donors (Lipinski definition) is 3. The van der Waals surface area contributed by atoms with E-state index in [4.69, 9.17) is 4.99 Å². The van der Waals surface area contributed by atoms with E-state index in [1.54, 1.807) is 7.05 Å². The smallest absolute Gasteiger partial charge is 0.233 e. The van der Waals surface area contributed by atoms with Gasteiger partial charge in [-0.3, -0.25) is 14.7 Å². The first kappa shape index (κ1) is 21.6. The number of amides is 1. The predicted molar refractivity (Wildman–Crippen MR) is 114 cm³/mol. The molecule has 0 saturated carbocycles. The largest absolute Gasteiger partial charge is 0.358 e. The van der Waals surface area contributed by atoms with Gasteiger partial charge in [-0.05, 0) is 31.9 Å². The van der Waals surface area contributed by atoms with Crippen molar-refractivity contribution in [3.63, 3.8) is 0 Å². The number of rotatable bonds is 8. The van der Waals surface area contributed by atoms with Gasteiger partial charge in [-0.2, -0.15) is 0 Å². The van der Waals surface area contributed by atoms with Crippen LogP contribution in [-0.4, -0.2) is 67.8 Å². The molecule has 1 unspecified atom stereocenters. The molecule has 27 heavy (non-hydrogen) atoms. The molecular formula is C20H33N5OS. The van der Waals surface area contributed by atoms with Crippen LogP contribution in [0.4, 0.5) is 0 Å². The maximum Gasteiger partial charge on any atom is 0.233 e. The van der Waals surface area contributed by atoms with Gasteiger partial charge in [0.25, 0.3) is 0 Å². The van der Waals surface area contributed by atoms with Gasteiger partial charge in [-0.1, -0.05) is 25.1 Å². The summed E-state index contributed by atoms with van der Waals surface area (Å²) in [5.74, 6) is 0.976. The van der Waals surface area contributed by atoms with E-state index in [-0.39, 0.29) is 5.91 Å². The Morgan fingerprint density at radius 1 is 1.30 bits per heavy atom. The van der Waals surface area contributed by atoms with E-state index >= 15 is 0 Å². The molecule has 0 radical (unpaired) electrons. The summed E-state index contributed by atoms with van der Waals surface area (Å²) in [7, 11) is 1.69. The van der Waals surface area contributed by atoms with Crippen LogP contribution in [0.15, 0.2) is 40.2 Å². The third kappa shape index (κ3) is 8.22. The Kier molecular flexibility index (Phi) is 9.48. The zero-order valence-corrected chi connectivity index (χ0v) is 17.5. The minimum atomic E-state index is 0.0845. The molecule has 0 aliphatic carbocycles. The number of nitrogens with zero attached hydrogens (tertiary/aromatic N) is 2. The molecule has 1 aliphatic rings. The number of benzene rings is 1. The number of carbonyl (C=O) groups excluding carboxylic acids is 1. The third-order valence-electron chi connectivity index (χ3n) is 4.51. The lowest BCUT2D eigenvalue weighted by atomic mass is 10.1. The zero-order valence-electron chi connectivity index (χ0n) is 16.7. The topological polar surface area (TPSA) is 68.8 Å². The van der Waals surface area contributed by atoms with Crippen molar-refractivity contribution in [1.29, 1.82) is 0 Å². The lowest BCUT2D eigenvalue weighted by molar-refractivity contribution is -0.122. The van der Waals surface area contributed by atoms with Crippen molar-refractivity contribution in [3.8, 4) is 0 Å². The molecule has 6 nitrogen and oxygen atoms in total. The van der Waals surface area contributed by atoms with Crippen molar-refractivity contribution in [2.75, 3.05) is 39.8 Å². The second kappa shape index (κ2) is 11.9. The molecule has 2 rings (SSSR count). The third-order valence-corrected chi connectivity index (χ3v) is 5.60. The summed E-state index contributed by atoms with van der Waals surface area (Å²) in [4.78, 5) is 19.8. The second-order valence-electron chi connectivity index (χ2n) is 6.83. The van der Waals surface area contributed by atoms with E-state index in [2.05, 4.69) is 59.0 Å². The first-order valence-corrected chi connectivity index (χ1v) is 10.7. The van der Waals surface area contributed by atoms with Gasteiger partial charge in [-0.15, -0.1) is 11.8 Å². The van der Waals surface area contributed by atoms with E-state index in [1.807, 2.05) is 17.8 Å². The average Bonchev–Trinajstić information content (AvgIpc) is 2.68. The van der Waals surface area contributed by atoms with Crippen LogP contribution in [0, 0.1) is 0 Å². The Bertz CT molecular complexity index is 587. The fraction of sp³-hybridized carbons (Fsp3) is 0.600. The van der Waals surface area contributed by atoms with Gasteiger partial charge < -0.3 is 16.0 Å². The van der Waals surface area contributed by atoms with Crippen molar-refractivity contribution < 1.29 is 4.79 Å². The number of piperidine rings is 1. The molecule has 1 fully saturated rings. The van der Waals surface area contributed by atoms with Crippen LogP contribution in [0.2, 0.25) is 0 Å². The molecule has 1 atom stereocenters. The standard InChI is InChI=1S/C20H33N5OS/c1-4-22-20(23-14-16(2)27-18-8-6-5-7-9-18)24-17-10-12-25(13-11-17)15-19(26)21-3/h5-9,16-17H,4,10-15H2,1-3H3,(H,21,26)(H2,22,23,24). The number of hydrogen-bond acceptors (Lipinski definition) is 4. The van der Waals surface area contributed by atoms with E-state index in [9.17, 15) is 4.79 Å². The summed E-state index contributed by atoms with van der Waals surface area (Å²) in [5, 5.41) is 10.0. The molecule has 150 valence electrons. The normalized spacial score (nSPS) is 17.4. The maximum atomic E-state index is 11.5. The molecule has 3 N–H and O–H groups in total. The average molecular weight is 392 g/mol. The summed E-state index contributed by atoms with van der Waals surface area (Å²) >= 11 is 1.85. The molecule has 7 heteroatoms. The van der Waals surface area contributed by atoms with Gasteiger partial charge in [-0.25, -0.2) is 0 Å². The van der Waals surface area contributed by atoms with Crippen LogP contribution in [0.3, 0.4) is 0 Å². The number of likely N-dealkylation sites (N-methyl/N-ethyl adjacent to an activating group) is 1. The van der Waals surface area contributed by atoms with E-state index in [0.29, 0.717) is 17.8 Å². The fourth-order valence-electron chi connectivity index (χ4n) is 3.02. The Balaban J connectivity index is 1.79. The molecule has 1 heterocycles. The first-order valence-electron chi connectivity index (χ1n) is 9.80. The number of carbonyl (C=O) groups is 1. The maximum absolute atomic E-state index is 11.5. The van der Waals surface area contributed by atoms with Crippen LogP contribution in [0.1, 0.15) is 26.7 Å². The van der Waals surface area contributed by atoms with Crippen LogP contribution in [0.5, 0.6) is 0 Å². The highest BCUT2D eigenvalue weighted by molar-refractivity contribution is 8.00. The molecule has 0 aromatic heterocycles. The number of thioether (sulfide) groups is 1. The summed E-state index contributed by atoms with van der Waals surface area (Å²) in [6, 6.07) is 10.9. The highest BCUT2D eigenvalue weighted by Crippen LogP contribution is 2.22. The van der Waals surface area contributed by atoms with Gasteiger partial charge in [0.15, 0.2) is 5.96 Å². The Morgan fingerprint density at radius 3 is 2.63 bits per heavy atom. The van der Waals surface area contributed by atoms with Gasteiger partial charge in [0.2, 0.25) is 5.91 Å². The van der Waals surface area contributed by atoms with Crippen molar-refractivity contribution >= 4 is 23.6 Å². The zero-order chi connectivity index (χ0) is 19.5. The van der Waals surface area contributed by atoms with E-state index < -0.39 is 0 Å². The van der Waals surface area contributed by atoms with Gasteiger partial charge in [0.1, 0.15) is 0 Å². The van der Waals surface area contributed by atoms with Crippen molar-refractivity contribution in [1.82, 2.24) is 20.9 Å². The van der Waals surface area contributed by atoms with Gasteiger partial charge >= 0.3 is 0 Å². The van der Waals surface area contributed by atoms with Crippen LogP contribution in [-0.2, 0) is 4.79 Å². The Morgan fingerprint density at radius 2 is 2.00 bits per heavy atom. The monoisotopic (exact) mass is 391 g/mol. The number of guanidine groups is 1. The summed E-state index contributed by atoms with van der Waals surface area (Å²) in [6.45, 7) is 8.28. The highest BCUT2D eigenvalue weighted by Gasteiger charge is 2.21. The van der Waals surface area contributed by atoms with E-state index in [0.717, 1.165) is 45.0 Å². The molecule has 0 spiro atoms. The number of aliphatic imine (C=N–C) groups is 1. The lowest BCUT2D eigenvalue weighted by Gasteiger charge is -2.32. The molecule has 1 aromatic carbocycles. The summed E-state index contributed by atoms with van der Waals surface area (Å²) in [6.07, 6.45) is 2.05. The molecule has 1 saturated heterocycles. The van der Waals surface area contributed by atoms with Crippen LogP contribution in [0.25, 0.3) is 0 Å². The number of likely N-dealkylation sites (tertiary alicyclic amines) is 1. The summed E-state index contributed by atoms with van der Waals surface area (Å²) < 4.78 is 0. The fourth-order valence-corrected chi connectivity index (χ4v) is 3.95. The minimum Gasteiger partial charge on any atom is -0.358 e. The SMILES string of the molecule is CCNC(=NCC(C)Sc1ccccc1)NC1CCN(CC(=O)NC)CC1. The quantitative estimate of drug-likeness (QED) is 0.359. The Labute approximate surface area is 167 Å². The van der Waals surface area contributed by atoms with Crippen molar-refractivity contribution in [2.45, 2.75) is 42.9 Å². The van der Waals surface area contributed by atoms with Crippen LogP contribution >= 0.6 is 11.8 Å². The minimum absolute atomic E-state index is 0.0845. The van der Waals surface area contributed by atoms with Crippen LogP contribution < -0.4 is 16.0 Å². The van der Waals surface area contributed by atoms with Crippen molar-refractivity contribution in [2.24, 2.45) is 4.99 Å². The van der Waals surface area contributed by atoms with Crippen molar-refractivity contribution in [3.05, 3.63) is 30.3 Å². The highest BCUT2D eigenvalue weighted by atomic mass is 32.2. The lowest BCUT2D eigenvalue weighted by Crippen LogP contribution is -2.50. The Hall–Kier alpha value is -1.73. The molecule has 1 aliphatic heterocycles. The first-order chi connectivity index (χ1) is 13.1. The van der Waals surface area contributed by atoms with Gasteiger partial charge in [0.05, 0.1) is 13.1 Å². The molecular weight excluding hydrogens is 358 g/mol. The predicted octanol–water partition coefficient (Wildman–Crippen LogP) is 1.93.